The van der Waals surface area contributed by atoms with Gasteiger partial charge < -0.3 is 5.32 Å². The molecule has 18 heavy (non-hydrogen) atoms. The molecule has 0 radical (unpaired) electrons. The average molecular weight is 310 g/mol. The molecule has 0 saturated carbocycles. The second kappa shape index (κ2) is 6.75. The minimum absolute atomic E-state index is 0.00701. The van der Waals surface area contributed by atoms with Crippen LogP contribution in [0.15, 0.2) is 18.2 Å². The molecular formula is C12H17Cl2NO2S. The summed E-state index contributed by atoms with van der Waals surface area (Å²) < 4.78 is 22.9. The number of nitrogens with one attached hydrogen (secondary N) is 1. The van der Waals surface area contributed by atoms with Gasteiger partial charge in [-0.2, -0.15) is 0 Å². The van der Waals surface area contributed by atoms with E-state index in [0.717, 1.165) is 18.5 Å². The van der Waals surface area contributed by atoms with Gasteiger partial charge in [-0.05, 0) is 36.7 Å². The van der Waals surface area contributed by atoms with Crippen LogP contribution in [0.25, 0.3) is 0 Å². The molecule has 1 atom stereocenters. The zero-order valence-electron chi connectivity index (χ0n) is 10.4. The van der Waals surface area contributed by atoms with Crippen molar-refractivity contribution in [2.75, 3.05) is 18.6 Å². The fourth-order valence-electron chi connectivity index (χ4n) is 1.66. The molecule has 0 spiro atoms. The number of sulfone groups is 1. The Bertz CT molecular complexity index is 503. The SMILES string of the molecule is CCCNC(CS(C)(=O)=O)c1cc(Cl)ccc1Cl. The highest BCUT2D eigenvalue weighted by molar-refractivity contribution is 7.90. The van der Waals surface area contributed by atoms with E-state index < -0.39 is 9.84 Å². The van der Waals surface area contributed by atoms with Crippen LogP contribution in [0.2, 0.25) is 10.0 Å². The van der Waals surface area contributed by atoms with E-state index in [1.54, 1.807) is 18.2 Å². The van der Waals surface area contributed by atoms with Crippen LogP contribution in [-0.2, 0) is 9.84 Å². The summed E-state index contributed by atoms with van der Waals surface area (Å²) in [6.07, 6.45) is 2.13. The summed E-state index contributed by atoms with van der Waals surface area (Å²) in [5, 5.41) is 4.26. The predicted octanol–water partition coefficient (Wildman–Crippen LogP) is 3.08. The molecule has 3 nitrogen and oxygen atoms in total. The van der Waals surface area contributed by atoms with Crippen molar-refractivity contribution in [3.63, 3.8) is 0 Å². The third-order valence-electron chi connectivity index (χ3n) is 2.44. The molecule has 0 saturated heterocycles. The van der Waals surface area contributed by atoms with Crippen molar-refractivity contribution in [3.05, 3.63) is 33.8 Å². The van der Waals surface area contributed by atoms with Crippen LogP contribution in [-0.4, -0.2) is 27.0 Å². The second-order valence-electron chi connectivity index (χ2n) is 4.26. The largest absolute Gasteiger partial charge is 0.309 e. The lowest BCUT2D eigenvalue weighted by atomic mass is 10.1. The molecule has 0 fully saturated rings. The van der Waals surface area contributed by atoms with Gasteiger partial charge >= 0.3 is 0 Å². The average Bonchev–Trinajstić information content (AvgIpc) is 2.26. The standard InChI is InChI=1S/C12H17Cl2NO2S/c1-3-6-15-12(8-18(2,16)17)10-7-9(13)4-5-11(10)14/h4-5,7,12,15H,3,6,8H2,1-2H3. The first-order chi connectivity index (χ1) is 8.33. The lowest BCUT2D eigenvalue weighted by Crippen LogP contribution is -2.28. The Balaban J connectivity index is 3.04. The van der Waals surface area contributed by atoms with E-state index in [-0.39, 0.29) is 11.8 Å². The minimum atomic E-state index is -3.10. The van der Waals surface area contributed by atoms with Crippen LogP contribution >= 0.6 is 23.2 Å². The van der Waals surface area contributed by atoms with Crippen LogP contribution in [0.1, 0.15) is 24.9 Å². The first-order valence-electron chi connectivity index (χ1n) is 5.69. The molecule has 0 bridgehead atoms. The maximum atomic E-state index is 11.5. The Morgan fingerprint density at radius 3 is 2.56 bits per heavy atom. The molecule has 0 heterocycles. The molecule has 0 amide bonds. The topological polar surface area (TPSA) is 46.2 Å². The van der Waals surface area contributed by atoms with E-state index in [1.807, 2.05) is 6.92 Å². The maximum Gasteiger partial charge on any atom is 0.149 e. The van der Waals surface area contributed by atoms with Crippen molar-refractivity contribution in [1.82, 2.24) is 5.32 Å². The Labute approximate surface area is 118 Å². The highest BCUT2D eigenvalue weighted by atomic mass is 35.5. The van der Waals surface area contributed by atoms with E-state index in [4.69, 9.17) is 23.2 Å². The third-order valence-corrected chi connectivity index (χ3v) is 3.96. The van der Waals surface area contributed by atoms with E-state index in [1.165, 1.54) is 6.26 Å². The zero-order valence-corrected chi connectivity index (χ0v) is 12.7. The Morgan fingerprint density at radius 1 is 1.33 bits per heavy atom. The molecule has 0 aromatic heterocycles. The van der Waals surface area contributed by atoms with Gasteiger partial charge in [0, 0.05) is 22.3 Å². The number of halogens is 2. The molecule has 0 aliphatic carbocycles. The van der Waals surface area contributed by atoms with Gasteiger partial charge in [-0.1, -0.05) is 30.1 Å². The molecule has 1 rings (SSSR count). The van der Waals surface area contributed by atoms with Crippen LogP contribution in [0.5, 0.6) is 0 Å². The maximum absolute atomic E-state index is 11.5. The van der Waals surface area contributed by atoms with Gasteiger partial charge in [0.1, 0.15) is 9.84 Å². The van der Waals surface area contributed by atoms with Crippen molar-refractivity contribution in [2.24, 2.45) is 0 Å². The van der Waals surface area contributed by atoms with E-state index in [0.29, 0.717) is 10.0 Å². The Kier molecular flexibility index (Phi) is 5.92. The van der Waals surface area contributed by atoms with Gasteiger partial charge in [-0.15, -0.1) is 0 Å². The Morgan fingerprint density at radius 2 is 2.00 bits per heavy atom. The van der Waals surface area contributed by atoms with Crippen molar-refractivity contribution in [2.45, 2.75) is 19.4 Å². The molecule has 1 aromatic rings. The third kappa shape index (κ3) is 5.14. The van der Waals surface area contributed by atoms with Crippen LogP contribution < -0.4 is 5.32 Å². The highest BCUT2D eigenvalue weighted by Crippen LogP contribution is 2.27. The van der Waals surface area contributed by atoms with Crippen molar-refractivity contribution < 1.29 is 8.42 Å². The first-order valence-corrected chi connectivity index (χ1v) is 8.51. The van der Waals surface area contributed by atoms with Gasteiger partial charge in [-0.3, -0.25) is 0 Å². The number of hydrogen-bond donors (Lipinski definition) is 1. The molecule has 6 heteroatoms. The summed E-state index contributed by atoms with van der Waals surface area (Å²) in [7, 11) is -3.10. The highest BCUT2D eigenvalue weighted by Gasteiger charge is 2.19. The van der Waals surface area contributed by atoms with Crippen molar-refractivity contribution in [1.29, 1.82) is 0 Å². The van der Waals surface area contributed by atoms with Gasteiger partial charge in [0.15, 0.2) is 0 Å². The Hall–Kier alpha value is -0.290. The van der Waals surface area contributed by atoms with Gasteiger partial charge in [0.05, 0.1) is 5.75 Å². The van der Waals surface area contributed by atoms with E-state index >= 15 is 0 Å². The van der Waals surface area contributed by atoms with Gasteiger partial charge in [-0.25, -0.2) is 8.42 Å². The zero-order chi connectivity index (χ0) is 13.8. The minimum Gasteiger partial charge on any atom is -0.309 e. The summed E-state index contributed by atoms with van der Waals surface area (Å²) in [6, 6.07) is 4.75. The summed E-state index contributed by atoms with van der Waals surface area (Å²) in [5.41, 5.74) is 0.725. The second-order valence-corrected chi connectivity index (χ2v) is 7.29. The lowest BCUT2D eigenvalue weighted by molar-refractivity contribution is 0.549. The van der Waals surface area contributed by atoms with Crippen LogP contribution in [0, 0.1) is 0 Å². The summed E-state index contributed by atoms with van der Waals surface area (Å²) in [4.78, 5) is 0. The summed E-state index contributed by atoms with van der Waals surface area (Å²) in [6.45, 7) is 2.74. The predicted molar refractivity (Wildman–Crippen MR) is 77.2 cm³/mol. The van der Waals surface area contributed by atoms with Gasteiger partial charge in [0.2, 0.25) is 0 Å². The van der Waals surface area contributed by atoms with Crippen molar-refractivity contribution in [3.8, 4) is 0 Å². The normalized spacial score (nSPS) is 13.6. The van der Waals surface area contributed by atoms with E-state index in [9.17, 15) is 8.42 Å². The summed E-state index contributed by atoms with van der Waals surface area (Å²) >= 11 is 12.0. The fourth-order valence-corrected chi connectivity index (χ4v) is 2.99. The summed E-state index contributed by atoms with van der Waals surface area (Å²) in [5.74, 6) is 0.00701. The monoisotopic (exact) mass is 309 g/mol. The number of hydrogen-bond acceptors (Lipinski definition) is 3. The number of rotatable bonds is 6. The molecule has 1 unspecified atom stereocenters. The molecule has 0 aliphatic heterocycles. The van der Waals surface area contributed by atoms with Crippen LogP contribution in [0.3, 0.4) is 0 Å². The lowest BCUT2D eigenvalue weighted by Gasteiger charge is -2.19. The smallest absolute Gasteiger partial charge is 0.149 e. The quantitative estimate of drug-likeness (QED) is 0.878. The molecule has 1 aromatic carbocycles. The van der Waals surface area contributed by atoms with E-state index in [2.05, 4.69) is 5.32 Å². The first kappa shape index (κ1) is 15.8. The molecule has 0 aliphatic rings. The molecule has 102 valence electrons. The van der Waals surface area contributed by atoms with Gasteiger partial charge in [0.25, 0.3) is 0 Å². The van der Waals surface area contributed by atoms with Crippen LogP contribution in [0.4, 0.5) is 0 Å². The molecular weight excluding hydrogens is 293 g/mol. The fraction of sp³-hybridized carbons (Fsp3) is 0.500. The molecule has 1 N–H and O–H groups in total. The van der Waals surface area contributed by atoms with Crippen molar-refractivity contribution >= 4 is 33.0 Å². The number of benzene rings is 1.